The van der Waals surface area contributed by atoms with Crippen LogP contribution in [0, 0.1) is 5.82 Å². The minimum Gasteiger partial charge on any atom is -0.352 e. The summed E-state index contributed by atoms with van der Waals surface area (Å²) in [5.74, 6) is 0.470. The molecule has 1 fully saturated rings. The van der Waals surface area contributed by atoms with E-state index in [1.165, 1.54) is 30.3 Å². The van der Waals surface area contributed by atoms with E-state index in [1.54, 1.807) is 17.0 Å². The van der Waals surface area contributed by atoms with Crippen molar-refractivity contribution in [3.8, 4) is 0 Å². The van der Waals surface area contributed by atoms with Gasteiger partial charge in [0.25, 0.3) is 0 Å². The average Bonchev–Trinajstić information content (AvgIpc) is 2.79. The lowest BCUT2D eigenvalue weighted by Gasteiger charge is -2.31. The van der Waals surface area contributed by atoms with E-state index in [0.29, 0.717) is 12.3 Å². The number of hydrogen-bond acceptors (Lipinski definition) is 3. The van der Waals surface area contributed by atoms with Gasteiger partial charge in [0.1, 0.15) is 11.9 Å². The molecule has 0 spiro atoms. The zero-order valence-corrected chi connectivity index (χ0v) is 18.9. The number of carbonyl (C=O) groups is 2. The quantitative estimate of drug-likeness (QED) is 0.599. The maximum Gasteiger partial charge on any atom is 0.242 e. The van der Waals surface area contributed by atoms with Crippen molar-refractivity contribution in [3.63, 3.8) is 0 Å². The fraction of sp³-hybridized carbons (Fsp3) is 0.440. The molecular weight excluding hydrogens is 411 g/mol. The van der Waals surface area contributed by atoms with Gasteiger partial charge < -0.3 is 10.2 Å². The average molecular weight is 443 g/mol. The summed E-state index contributed by atoms with van der Waals surface area (Å²) < 4.78 is 13.1. The van der Waals surface area contributed by atoms with Gasteiger partial charge in [-0.25, -0.2) is 4.39 Å². The van der Waals surface area contributed by atoms with Crippen molar-refractivity contribution in [1.82, 2.24) is 10.2 Å². The maximum atomic E-state index is 13.1. The van der Waals surface area contributed by atoms with Crippen molar-refractivity contribution in [1.29, 1.82) is 0 Å². The third-order valence-electron chi connectivity index (χ3n) is 5.72. The van der Waals surface area contributed by atoms with E-state index in [0.717, 1.165) is 36.8 Å². The summed E-state index contributed by atoms with van der Waals surface area (Å²) in [4.78, 5) is 27.7. The highest BCUT2D eigenvalue weighted by molar-refractivity contribution is 7.99. The number of thioether (sulfide) groups is 1. The zero-order chi connectivity index (χ0) is 22.1. The Bertz CT molecular complexity index is 838. The minimum absolute atomic E-state index is 0.0674. The van der Waals surface area contributed by atoms with Gasteiger partial charge in [-0.15, -0.1) is 11.8 Å². The Hall–Kier alpha value is -2.34. The molecular formula is C25H31FN2O2S. The molecule has 1 aliphatic carbocycles. The second kappa shape index (κ2) is 11.9. The van der Waals surface area contributed by atoms with E-state index in [-0.39, 0.29) is 29.4 Å². The molecule has 0 aliphatic heterocycles. The highest BCUT2D eigenvalue weighted by Gasteiger charge is 2.27. The molecule has 166 valence electrons. The largest absolute Gasteiger partial charge is 0.352 e. The van der Waals surface area contributed by atoms with Crippen LogP contribution in [0.5, 0.6) is 0 Å². The molecule has 4 nitrogen and oxygen atoms in total. The number of benzene rings is 2. The normalized spacial score (nSPS) is 15.3. The van der Waals surface area contributed by atoms with Crippen LogP contribution in [0.3, 0.4) is 0 Å². The Kier molecular flexibility index (Phi) is 8.95. The number of rotatable bonds is 9. The molecule has 2 aromatic rings. The lowest BCUT2D eigenvalue weighted by Crippen LogP contribution is -2.50. The second-order valence-corrected chi connectivity index (χ2v) is 9.13. The molecule has 6 heteroatoms. The van der Waals surface area contributed by atoms with Crippen molar-refractivity contribution in [2.45, 2.75) is 63.4 Å². The molecule has 0 saturated heterocycles. The molecule has 1 aliphatic rings. The van der Waals surface area contributed by atoms with Crippen LogP contribution >= 0.6 is 11.8 Å². The van der Waals surface area contributed by atoms with Crippen LogP contribution in [-0.2, 0) is 21.9 Å². The van der Waals surface area contributed by atoms with Crippen LogP contribution in [0.15, 0.2) is 54.6 Å². The Morgan fingerprint density at radius 1 is 1.03 bits per heavy atom. The first-order chi connectivity index (χ1) is 15.0. The fourth-order valence-electron chi connectivity index (χ4n) is 3.85. The standard InChI is InChI=1S/C25H31FN2O2S/c1-19(25(30)27-23-10-6-3-7-11-23)28(16-20-8-4-2-5-9-20)24(29)18-31-17-21-12-14-22(26)15-13-21/h2,4-5,8-9,12-15,19,23H,3,6-7,10-11,16-18H2,1H3,(H,27,30)/t19-/m0/s1. The monoisotopic (exact) mass is 442 g/mol. The number of nitrogens with one attached hydrogen (secondary N) is 1. The molecule has 0 heterocycles. The van der Waals surface area contributed by atoms with E-state index >= 15 is 0 Å². The number of halogens is 1. The fourth-order valence-corrected chi connectivity index (χ4v) is 4.72. The Morgan fingerprint density at radius 2 is 1.71 bits per heavy atom. The van der Waals surface area contributed by atoms with Gasteiger partial charge in [0.15, 0.2) is 0 Å². The summed E-state index contributed by atoms with van der Waals surface area (Å²) >= 11 is 1.48. The van der Waals surface area contributed by atoms with E-state index in [1.807, 2.05) is 37.3 Å². The zero-order valence-electron chi connectivity index (χ0n) is 18.1. The summed E-state index contributed by atoms with van der Waals surface area (Å²) in [6, 6.07) is 15.7. The number of nitrogens with zero attached hydrogens (tertiary/aromatic N) is 1. The molecule has 31 heavy (non-hydrogen) atoms. The summed E-state index contributed by atoms with van der Waals surface area (Å²) in [6.07, 6.45) is 5.54. The van der Waals surface area contributed by atoms with Crippen molar-refractivity contribution in [2.24, 2.45) is 0 Å². The summed E-state index contributed by atoms with van der Waals surface area (Å²) in [7, 11) is 0. The molecule has 0 bridgehead atoms. The first kappa shape index (κ1) is 23.3. The van der Waals surface area contributed by atoms with E-state index in [2.05, 4.69) is 5.32 Å². The van der Waals surface area contributed by atoms with Gasteiger partial charge in [-0.3, -0.25) is 9.59 Å². The molecule has 0 unspecified atom stereocenters. The maximum absolute atomic E-state index is 13.1. The van der Waals surface area contributed by atoms with Gasteiger partial charge in [0.05, 0.1) is 5.75 Å². The van der Waals surface area contributed by atoms with E-state index in [4.69, 9.17) is 0 Å². The Balaban J connectivity index is 1.61. The van der Waals surface area contributed by atoms with Gasteiger partial charge in [-0.05, 0) is 43.0 Å². The summed E-state index contributed by atoms with van der Waals surface area (Å²) in [5.41, 5.74) is 1.97. The highest BCUT2D eigenvalue weighted by atomic mass is 32.2. The number of amides is 2. The molecule has 0 aromatic heterocycles. The van der Waals surface area contributed by atoms with Gasteiger partial charge in [-0.1, -0.05) is 61.7 Å². The first-order valence-electron chi connectivity index (χ1n) is 11.0. The van der Waals surface area contributed by atoms with Gasteiger partial charge in [0.2, 0.25) is 11.8 Å². The second-order valence-electron chi connectivity index (χ2n) is 8.15. The topological polar surface area (TPSA) is 49.4 Å². The van der Waals surface area contributed by atoms with Crippen molar-refractivity contribution >= 4 is 23.6 Å². The molecule has 1 N–H and O–H groups in total. The van der Waals surface area contributed by atoms with Crippen molar-refractivity contribution in [2.75, 3.05) is 5.75 Å². The van der Waals surface area contributed by atoms with E-state index < -0.39 is 6.04 Å². The summed E-state index contributed by atoms with van der Waals surface area (Å²) in [5, 5.41) is 3.15. The van der Waals surface area contributed by atoms with Crippen molar-refractivity contribution < 1.29 is 14.0 Å². The molecule has 3 rings (SSSR count). The van der Waals surface area contributed by atoms with Crippen LogP contribution in [0.4, 0.5) is 4.39 Å². The predicted octanol–water partition coefficient (Wildman–Crippen LogP) is 4.93. The first-order valence-corrected chi connectivity index (χ1v) is 12.1. The van der Waals surface area contributed by atoms with Crippen LogP contribution in [0.25, 0.3) is 0 Å². The van der Waals surface area contributed by atoms with E-state index in [9.17, 15) is 14.0 Å². The van der Waals surface area contributed by atoms with Crippen LogP contribution in [0.1, 0.15) is 50.2 Å². The predicted molar refractivity (Wildman–Crippen MR) is 124 cm³/mol. The SMILES string of the molecule is C[C@@H](C(=O)NC1CCCCC1)N(Cc1ccccc1)C(=O)CSCc1ccc(F)cc1. The Labute approximate surface area is 188 Å². The molecule has 2 aromatic carbocycles. The lowest BCUT2D eigenvalue weighted by atomic mass is 9.95. The molecule has 0 radical (unpaired) electrons. The molecule has 2 amide bonds. The third kappa shape index (κ3) is 7.39. The minimum atomic E-state index is -0.541. The van der Waals surface area contributed by atoms with Gasteiger partial charge in [0, 0.05) is 18.3 Å². The smallest absolute Gasteiger partial charge is 0.242 e. The van der Waals surface area contributed by atoms with Gasteiger partial charge in [-0.2, -0.15) is 0 Å². The van der Waals surface area contributed by atoms with Crippen LogP contribution in [-0.4, -0.2) is 34.6 Å². The van der Waals surface area contributed by atoms with Crippen molar-refractivity contribution in [3.05, 3.63) is 71.5 Å². The highest BCUT2D eigenvalue weighted by Crippen LogP contribution is 2.19. The van der Waals surface area contributed by atoms with Gasteiger partial charge >= 0.3 is 0 Å². The van der Waals surface area contributed by atoms with Crippen LogP contribution < -0.4 is 5.32 Å². The molecule has 1 atom stereocenters. The third-order valence-corrected chi connectivity index (χ3v) is 6.71. The lowest BCUT2D eigenvalue weighted by molar-refractivity contribution is -0.139. The number of carbonyl (C=O) groups excluding carboxylic acids is 2. The molecule has 1 saturated carbocycles. The van der Waals surface area contributed by atoms with Crippen LogP contribution in [0.2, 0.25) is 0 Å². The summed E-state index contributed by atoms with van der Waals surface area (Å²) in [6.45, 7) is 2.21. The number of hydrogen-bond donors (Lipinski definition) is 1. The Morgan fingerprint density at radius 3 is 2.39 bits per heavy atom.